The molecule has 0 bridgehead atoms. The summed E-state index contributed by atoms with van der Waals surface area (Å²) >= 11 is 0. The van der Waals surface area contributed by atoms with Crippen LogP contribution in [0.3, 0.4) is 0 Å². The van der Waals surface area contributed by atoms with Crippen molar-refractivity contribution < 1.29 is 0 Å². The molecule has 0 fully saturated rings. The van der Waals surface area contributed by atoms with Gasteiger partial charge in [0, 0.05) is 12.6 Å². The van der Waals surface area contributed by atoms with Gasteiger partial charge in [-0.1, -0.05) is 24.3 Å². The molecule has 0 amide bonds. The molecular formula is C15H26N2. The predicted octanol–water partition coefficient (Wildman–Crippen LogP) is 2.60. The number of nitrogens with two attached hydrogens (primary N) is 1. The lowest BCUT2D eigenvalue weighted by Crippen LogP contribution is -2.24. The van der Waals surface area contributed by atoms with Gasteiger partial charge in [-0.15, -0.1) is 0 Å². The van der Waals surface area contributed by atoms with Gasteiger partial charge < -0.3 is 10.6 Å². The van der Waals surface area contributed by atoms with Gasteiger partial charge in [-0.05, 0) is 57.8 Å². The van der Waals surface area contributed by atoms with Gasteiger partial charge in [-0.25, -0.2) is 0 Å². The summed E-state index contributed by atoms with van der Waals surface area (Å²) in [6, 6.07) is 8.97. The second-order valence-electron chi connectivity index (χ2n) is 5.10. The number of aryl methyl sites for hydroxylation is 1. The second-order valence-corrected chi connectivity index (χ2v) is 5.10. The van der Waals surface area contributed by atoms with Crippen molar-refractivity contribution in [1.29, 1.82) is 0 Å². The molecule has 2 nitrogen and oxygen atoms in total. The smallest absolute Gasteiger partial charge is 0.00189 e. The largest absolute Gasteiger partial charge is 0.328 e. The normalized spacial score (nSPS) is 13.0. The molecule has 2 N–H and O–H groups in total. The van der Waals surface area contributed by atoms with Crippen molar-refractivity contribution in [3.63, 3.8) is 0 Å². The van der Waals surface area contributed by atoms with Gasteiger partial charge in [0.2, 0.25) is 0 Å². The number of rotatable bonds is 7. The van der Waals surface area contributed by atoms with Crippen LogP contribution in [0.25, 0.3) is 0 Å². The Kier molecular flexibility index (Phi) is 6.23. The molecule has 1 unspecified atom stereocenters. The van der Waals surface area contributed by atoms with Gasteiger partial charge in [-0.2, -0.15) is 0 Å². The third kappa shape index (κ3) is 5.85. The lowest BCUT2D eigenvalue weighted by atomic mass is 10.1. The molecular weight excluding hydrogens is 208 g/mol. The Morgan fingerprint density at radius 1 is 1.24 bits per heavy atom. The van der Waals surface area contributed by atoms with Crippen LogP contribution in [0.1, 0.15) is 30.9 Å². The highest BCUT2D eigenvalue weighted by atomic mass is 15.1. The van der Waals surface area contributed by atoms with Crippen LogP contribution in [0, 0.1) is 6.92 Å². The maximum Gasteiger partial charge on any atom is 0.00189 e. The number of nitrogens with zero attached hydrogens (tertiary/aromatic N) is 1. The van der Waals surface area contributed by atoms with Gasteiger partial charge in [0.1, 0.15) is 0 Å². The third-order valence-corrected chi connectivity index (χ3v) is 3.22. The van der Waals surface area contributed by atoms with Crippen LogP contribution >= 0.6 is 0 Å². The minimum Gasteiger partial charge on any atom is -0.328 e. The molecule has 2 heteroatoms. The van der Waals surface area contributed by atoms with Crippen molar-refractivity contribution in [3.8, 4) is 0 Å². The van der Waals surface area contributed by atoms with E-state index in [0.29, 0.717) is 6.04 Å². The van der Waals surface area contributed by atoms with E-state index in [1.54, 1.807) is 0 Å². The Bertz CT molecular complexity index is 320. The topological polar surface area (TPSA) is 29.3 Å². The number of hydrogen-bond acceptors (Lipinski definition) is 2. The van der Waals surface area contributed by atoms with E-state index in [4.69, 9.17) is 5.73 Å². The second kappa shape index (κ2) is 7.46. The minimum absolute atomic E-state index is 0.333. The summed E-state index contributed by atoms with van der Waals surface area (Å²) in [5.41, 5.74) is 8.61. The predicted molar refractivity (Wildman–Crippen MR) is 75.3 cm³/mol. The van der Waals surface area contributed by atoms with Crippen molar-refractivity contribution in [2.75, 3.05) is 20.1 Å². The molecule has 0 radical (unpaired) electrons. The van der Waals surface area contributed by atoms with Gasteiger partial charge in [0.05, 0.1) is 0 Å². The SMILES string of the molecule is Cc1ccccc1CCN(C)CCCC(C)N. The highest BCUT2D eigenvalue weighted by Gasteiger charge is 2.02. The maximum atomic E-state index is 5.74. The first-order valence-corrected chi connectivity index (χ1v) is 6.58. The zero-order chi connectivity index (χ0) is 12.7. The van der Waals surface area contributed by atoms with Crippen LogP contribution in [-0.4, -0.2) is 31.1 Å². The third-order valence-electron chi connectivity index (χ3n) is 3.22. The van der Waals surface area contributed by atoms with Gasteiger partial charge in [-0.3, -0.25) is 0 Å². The molecule has 1 atom stereocenters. The van der Waals surface area contributed by atoms with Crippen LogP contribution in [0.4, 0.5) is 0 Å². The van der Waals surface area contributed by atoms with Crippen LogP contribution in [0.5, 0.6) is 0 Å². The van der Waals surface area contributed by atoms with Crippen molar-refractivity contribution in [3.05, 3.63) is 35.4 Å². The van der Waals surface area contributed by atoms with Crippen molar-refractivity contribution in [1.82, 2.24) is 4.90 Å². The lowest BCUT2D eigenvalue weighted by molar-refractivity contribution is 0.326. The van der Waals surface area contributed by atoms with Crippen LogP contribution in [0.15, 0.2) is 24.3 Å². The fraction of sp³-hybridized carbons (Fsp3) is 0.600. The molecule has 1 aromatic rings. The Morgan fingerprint density at radius 3 is 2.59 bits per heavy atom. The van der Waals surface area contributed by atoms with Crippen LogP contribution in [0.2, 0.25) is 0 Å². The molecule has 17 heavy (non-hydrogen) atoms. The van der Waals surface area contributed by atoms with E-state index >= 15 is 0 Å². The van der Waals surface area contributed by atoms with E-state index < -0.39 is 0 Å². The van der Waals surface area contributed by atoms with Gasteiger partial charge in [0.25, 0.3) is 0 Å². The molecule has 0 aliphatic heterocycles. The molecule has 0 aliphatic rings. The summed E-state index contributed by atoms with van der Waals surface area (Å²) in [5, 5.41) is 0. The van der Waals surface area contributed by atoms with Crippen LogP contribution < -0.4 is 5.73 Å². The highest BCUT2D eigenvalue weighted by Crippen LogP contribution is 2.08. The summed E-state index contributed by atoms with van der Waals surface area (Å²) in [5.74, 6) is 0. The first kappa shape index (κ1) is 14.2. The molecule has 0 spiro atoms. The number of benzene rings is 1. The standard InChI is InChI=1S/C15H26N2/c1-13-7-4-5-9-15(13)10-12-17(3)11-6-8-14(2)16/h4-5,7,9,14H,6,8,10-12,16H2,1-3H3. The Labute approximate surface area is 106 Å². The van der Waals surface area contributed by atoms with E-state index in [0.717, 1.165) is 25.9 Å². The highest BCUT2D eigenvalue weighted by molar-refractivity contribution is 5.25. The Balaban J connectivity index is 2.24. The van der Waals surface area contributed by atoms with Crippen molar-refractivity contribution in [2.24, 2.45) is 5.73 Å². The van der Waals surface area contributed by atoms with Crippen molar-refractivity contribution in [2.45, 2.75) is 39.2 Å². The molecule has 1 rings (SSSR count). The summed E-state index contributed by atoms with van der Waals surface area (Å²) in [7, 11) is 2.19. The monoisotopic (exact) mass is 234 g/mol. The van der Waals surface area contributed by atoms with E-state index in [-0.39, 0.29) is 0 Å². The van der Waals surface area contributed by atoms with Gasteiger partial charge >= 0.3 is 0 Å². The molecule has 0 heterocycles. The molecule has 1 aromatic carbocycles. The summed E-state index contributed by atoms with van der Waals surface area (Å²) in [4.78, 5) is 2.40. The van der Waals surface area contributed by atoms with Crippen LogP contribution in [-0.2, 0) is 6.42 Å². The fourth-order valence-electron chi connectivity index (χ4n) is 2.00. The molecule has 0 aliphatic carbocycles. The Morgan fingerprint density at radius 2 is 1.94 bits per heavy atom. The molecule has 0 saturated heterocycles. The van der Waals surface area contributed by atoms with E-state index in [9.17, 15) is 0 Å². The summed E-state index contributed by atoms with van der Waals surface area (Å²) in [6.45, 7) is 6.54. The number of hydrogen-bond donors (Lipinski definition) is 1. The van der Waals surface area contributed by atoms with E-state index in [1.807, 2.05) is 0 Å². The fourth-order valence-corrected chi connectivity index (χ4v) is 2.00. The van der Waals surface area contributed by atoms with Gasteiger partial charge in [0.15, 0.2) is 0 Å². The zero-order valence-electron chi connectivity index (χ0n) is 11.4. The number of likely N-dealkylation sites (N-methyl/N-ethyl adjacent to an activating group) is 1. The zero-order valence-corrected chi connectivity index (χ0v) is 11.4. The lowest BCUT2D eigenvalue weighted by Gasteiger charge is -2.17. The average Bonchev–Trinajstić information content (AvgIpc) is 2.27. The summed E-state index contributed by atoms with van der Waals surface area (Å²) in [6.07, 6.45) is 3.46. The quantitative estimate of drug-likeness (QED) is 0.786. The Hall–Kier alpha value is -0.860. The van der Waals surface area contributed by atoms with E-state index in [1.165, 1.54) is 17.5 Å². The molecule has 0 aromatic heterocycles. The van der Waals surface area contributed by atoms with E-state index in [2.05, 4.69) is 50.1 Å². The summed E-state index contributed by atoms with van der Waals surface area (Å²) < 4.78 is 0. The average molecular weight is 234 g/mol. The maximum absolute atomic E-state index is 5.74. The first-order chi connectivity index (χ1) is 8.09. The molecule has 96 valence electrons. The molecule has 0 saturated carbocycles. The first-order valence-electron chi connectivity index (χ1n) is 6.58. The van der Waals surface area contributed by atoms with Crippen molar-refractivity contribution >= 4 is 0 Å². The minimum atomic E-state index is 0.333.